The molecule has 1 nitrogen and oxygen atoms in total. The monoisotopic (exact) mass is 305 g/mol. The lowest BCUT2D eigenvalue weighted by Crippen LogP contribution is -2.17. The molecular formula is C13H11ClF3NS. The average molecular weight is 306 g/mol. The molecule has 1 atom stereocenters. The van der Waals surface area contributed by atoms with Gasteiger partial charge in [0.15, 0.2) is 17.5 Å². The number of rotatable bonds is 4. The number of benzene rings is 1. The van der Waals surface area contributed by atoms with Crippen LogP contribution in [0.3, 0.4) is 0 Å². The van der Waals surface area contributed by atoms with Crippen LogP contribution in [0.5, 0.6) is 0 Å². The van der Waals surface area contributed by atoms with Gasteiger partial charge in [0.05, 0.1) is 4.34 Å². The van der Waals surface area contributed by atoms with E-state index in [-0.39, 0.29) is 12.6 Å². The maximum atomic E-state index is 13.0. The molecule has 1 heterocycles. The van der Waals surface area contributed by atoms with Crippen molar-refractivity contribution in [2.75, 3.05) is 0 Å². The zero-order valence-electron chi connectivity index (χ0n) is 10.0. The Bertz CT molecular complexity index is 562. The summed E-state index contributed by atoms with van der Waals surface area (Å²) in [6.07, 6.45) is 0. The van der Waals surface area contributed by atoms with Crippen LogP contribution in [0.25, 0.3) is 0 Å². The number of hydrogen-bond donors (Lipinski definition) is 1. The Morgan fingerprint density at radius 3 is 2.37 bits per heavy atom. The molecule has 0 fully saturated rings. The van der Waals surface area contributed by atoms with Crippen LogP contribution >= 0.6 is 22.9 Å². The Labute approximate surface area is 118 Å². The number of halogens is 4. The molecule has 0 aliphatic carbocycles. The fourth-order valence-corrected chi connectivity index (χ4v) is 2.73. The van der Waals surface area contributed by atoms with Gasteiger partial charge in [-0.1, -0.05) is 11.6 Å². The van der Waals surface area contributed by atoms with Crippen molar-refractivity contribution < 1.29 is 13.2 Å². The normalized spacial score (nSPS) is 12.7. The van der Waals surface area contributed by atoms with Crippen LogP contribution in [0.2, 0.25) is 4.34 Å². The van der Waals surface area contributed by atoms with Gasteiger partial charge in [-0.25, -0.2) is 13.2 Å². The number of nitrogens with one attached hydrogen (secondary N) is 1. The first-order valence-electron chi connectivity index (χ1n) is 5.59. The van der Waals surface area contributed by atoms with Crippen molar-refractivity contribution in [3.8, 4) is 0 Å². The quantitative estimate of drug-likeness (QED) is 0.809. The minimum Gasteiger partial charge on any atom is -0.305 e. The van der Waals surface area contributed by atoms with Gasteiger partial charge in [0.25, 0.3) is 0 Å². The molecule has 0 saturated heterocycles. The van der Waals surface area contributed by atoms with Crippen molar-refractivity contribution in [3.63, 3.8) is 0 Å². The Morgan fingerprint density at radius 2 is 1.84 bits per heavy atom. The van der Waals surface area contributed by atoms with Gasteiger partial charge in [0, 0.05) is 17.5 Å². The van der Waals surface area contributed by atoms with Crippen LogP contribution in [0.4, 0.5) is 13.2 Å². The second kappa shape index (κ2) is 5.94. The molecule has 0 amide bonds. The van der Waals surface area contributed by atoms with Gasteiger partial charge in [-0.3, -0.25) is 0 Å². The predicted octanol–water partition coefficient (Wildman–Crippen LogP) is 4.67. The van der Waals surface area contributed by atoms with E-state index in [9.17, 15) is 13.2 Å². The van der Waals surface area contributed by atoms with E-state index in [1.54, 1.807) is 6.07 Å². The van der Waals surface area contributed by atoms with Crippen LogP contribution in [-0.4, -0.2) is 0 Å². The first kappa shape index (κ1) is 14.4. The van der Waals surface area contributed by atoms with Crippen molar-refractivity contribution in [1.29, 1.82) is 0 Å². The fourth-order valence-electron chi connectivity index (χ4n) is 1.64. The van der Waals surface area contributed by atoms with Crippen LogP contribution in [-0.2, 0) is 6.54 Å². The van der Waals surface area contributed by atoms with Gasteiger partial charge in [-0.15, -0.1) is 11.3 Å². The lowest BCUT2D eigenvalue weighted by molar-refractivity contribution is 0.443. The van der Waals surface area contributed by atoms with E-state index in [4.69, 9.17) is 11.6 Å². The molecule has 0 saturated carbocycles. The number of thiophene rings is 1. The SMILES string of the molecule is CC(NCc1cc(F)c(F)c(F)c1)c1ccc(Cl)s1. The van der Waals surface area contributed by atoms with E-state index in [2.05, 4.69) is 5.32 Å². The van der Waals surface area contributed by atoms with E-state index in [0.717, 1.165) is 17.0 Å². The van der Waals surface area contributed by atoms with Crippen molar-refractivity contribution in [2.45, 2.75) is 19.5 Å². The van der Waals surface area contributed by atoms with Gasteiger partial charge in [0.1, 0.15) is 0 Å². The Morgan fingerprint density at radius 1 is 1.21 bits per heavy atom. The summed E-state index contributed by atoms with van der Waals surface area (Å²) in [5, 5.41) is 3.10. The second-order valence-corrected chi connectivity index (χ2v) is 5.86. The van der Waals surface area contributed by atoms with E-state index < -0.39 is 17.5 Å². The zero-order valence-corrected chi connectivity index (χ0v) is 11.6. The summed E-state index contributed by atoms with van der Waals surface area (Å²) in [4.78, 5) is 1.02. The van der Waals surface area contributed by atoms with Crippen LogP contribution in [0.15, 0.2) is 24.3 Å². The van der Waals surface area contributed by atoms with E-state index in [1.165, 1.54) is 11.3 Å². The average Bonchev–Trinajstić information content (AvgIpc) is 2.79. The summed E-state index contributed by atoms with van der Waals surface area (Å²) in [7, 11) is 0. The van der Waals surface area contributed by atoms with E-state index in [1.807, 2.05) is 13.0 Å². The van der Waals surface area contributed by atoms with Gasteiger partial charge >= 0.3 is 0 Å². The molecule has 0 bridgehead atoms. The molecule has 0 spiro atoms. The highest BCUT2D eigenvalue weighted by Crippen LogP contribution is 2.26. The summed E-state index contributed by atoms with van der Waals surface area (Å²) in [6, 6.07) is 5.64. The van der Waals surface area contributed by atoms with Crippen molar-refractivity contribution in [1.82, 2.24) is 5.32 Å². The van der Waals surface area contributed by atoms with Crippen molar-refractivity contribution in [2.24, 2.45) is 0 Å². The molecule has 2 rings (SSSR count). The summed E-state index contributed by atoms with van der Waals surface area (Å²) in [6.45, 7) is 2.16. The van der Waals surface area contributed by atoms with Gasteiger partial charge < -0.3 is 5.32 Å². The lowest BCUT2D eigenvalue weighted by Gasteiger charge is -2.12. The van der Waals surface area contributed by atoms with Crippen LogP contribution < -0.4 is 5.32 Å². The largest absolute Gasteiger partial charge is 0.305 e. The molecular weight excluding hydrogens is 295 g/mol. The highest BCUT2D eigenvalue weighted by Gasteiger charge is 2.12. The molecule has 0 aliphatic heterocycles. The molecule has 102 valence electrons. The van der Waals surface area contributed by atoms with Gasteiger partial charge in [0.2, 0.25) is 0 Å². The third kappa shape index (κ3) is 3.49. The van der Waals surface area contributed by atoms with Crippen LogP contribution in [0.1, 0.15) is 23.4 Å². The molecule has 0 aliphatic rings. The summed E-state index contributed by atoms with van der Waals surface area (Å²) in [5.74, 6) is -3.80. The maximum Gasteiger partial charge on any atom is 0.194 e. The molecule has 1 aromatic carbocycles. The predicted molar refractivity (Wildman–Crippen MR) is 70.9 cm³/mol. The maximum absolute atomic E-state index is 13.0. The minimum atomic E-state index is -1.44. The molecule has 1 unspecified atom stereocenters. The van der Waals surface area contributed by atoms with E-state index in [0.29, 0.717) is 9.90 Å². The molecule has 1 aromatic heterocycles. The van der Waals surface area contributed by atoms with Gasteiger partial charge in [-0.05, 0) is 36.8 Å². The second-order valence-electron chi connectivity index (χ2n) is 4.12. The molecule has 2 aromatic rings. The third-order valence-corrected chi connectivity index (χ3v) is 4.09. The Kier molecular flexibility index (Phi) is 4.50. The highest BCUT2D eigenvalue weighted by atomic mass is 35.5. The fraction of sp³-hybridized carbons (Fsp3) is 0.231. The third-order valence-electron chi connectivity index (χ3n) is 2.68. The lowest BCUT2D eigenvalue weighted by atomic mass is 10.2. The zero-order chi connectivity index (χ0) is 14.0. The van der Waals surface area contributed by atoms with E-state index >= 15 is 0 Å². The van der Waals surface area contributed by atoms with Crippen LogP contribution in [0, 0.1) is 17.5 Å². The number of hydrogen-bond acceptors (Lipinski definition) is 2. The smallest absolute Gasteiger partial charge is 0.194 e. The summed E-state index contributed by atoms with van der Waals surface area (Å²) < 4.78 is 39.5. The highest BCUT2D eigenvalue weighted by molar-refractivity contribution is 7.16. The van der Waals surface area contributed by atoms with Crippen molar-refractivity contribution >= 4 is 22.9 Å². The first-order chi connectivity index (χ1) is 8.97. The van der Waals surface area contributed by atoms with Crippen molar-refractivity contribution in [3.05, 3.63) is 56.5 Å². The molecule has 0 radical (unpaired) electrons. The van der Waals surface area contributed by atoms with Gasteiger partial charge in [-0.2, -0.15) is 0 Å². The molecule has 19 heavy (non-hydrogen) atoms. The molecule has 6 heteroatoms. The summed E-state index contributed by atoms with van der Waals surface area (Å²) >= 11 is 7.27. The molecule has 1 N–H and O–H groups in total. The summed E-state index contributed by atoms with van der Waals surface area (Å²) in [5.41, 5.74) is 0.353. The topological polar surface area (TPSA) is 12.0 Å². The minimum absolute atomic E-state index is 0.00586. The first-order valence-corrected chi connectivity index (χ1v) is 6.79. The Balaban J connectivity index is 2.03. The Hall–Kier alpha value is -1.04. The standard InChI is InChI=1S/C13H11ClF3NS/c1-7(11-2-3-12(14)19-11)18-6-8-4-9(15)13(17)10(16)5-8/h2-5,7,18H,6H2,1H3.